The molecule has 0 aliphatic carbocycles. The summed E-state index contributed by atoms with van der Waals surface area (Å²) in [6.45, 7) is 3.61. The third-order valence-electron chi connectivity index (χ3n) is 6.35. The van der Waals surface area contributed by atoms with Crippen LogP contribution in [0, 0.1) is 6.92 Å². The fourth-order valence-corrected chi connectivity index (χ4v) is 5.12. The zero-order valence-corrected chi connectivity index (χ0v) is 19.8. The maximum Gasteiger partial charge on any atom is 0.244 e. The number of benzene rings is 1. The second kappa shape index (κ2) is 9.65. The van der Waals surface area contributed by atoms with E-state index < -0.39 is 0 Å². The number of thiophene rings is 1. The van der Waals surface area contributed by atoms with Crippen LogP contribution in [0.2, 0.25) is 0 Å². The van der Waals surface area contributed by atoms with E-state index in [9.17, 15) is 9.59 Å². The first kappa shape index (κ1) is 22.1. The molecule has 0 bridgehead atoms. The van der Waals surface area contributed by atoms with Gasteiger partial charge in [0.1, 0.15) is 0 Å². The predicted molar refractivity (Wildman–Crippen MR) is 135 cm³/mol. The molecule has 172 valence electrons. The van der Waals surface area contributed by atoms with Gasteiger partial charge in [0.25, 0.3) is 0 Å². The van der Waals surface area contributed by atoms with Gasteiger partial charge >= 0.3 is 0 Å². The number of aromatic nitrogens is 2. The number of para-hydroxylation sites is 1. The standard InChI is InChI=1S/C27H26N4O2S/c1-18-24(16-30-26(32)9-8-21-5-4-12-34-21)22-10-11-31(17-20(22)15-28-18)27(33)13-19-14-29-25-7-3-2-6-23(19)25/h2-9,12,14-15,29H,10-11,13,16-17H2,1H3,(H,30,32)/b9-8+. The molecule has 3 aromatic heterocycles. The molecule has 4 heterocycles. The summed E-state index contributed by atoms with van der Waals surface area (Å²) in [7, 11) is 0. The van der Waals surface area contributed by atoms with Crippen LogP contribution in [0.4, 0.5) is 0 Å². The molecule has 1 aliphatic heterocycles. The third-order valence-corrected chi connectivity index (χ3v) is 7.18. The van der Waals surface area contributed by atoms with Gasteiger partial charge in [-0.05, 0) is 59.2 Å². The predicted octanol–water partition coefficient (Wildman–Crippen LogP) is 4.39. The van der Waals surface area contributed by atoms with E-state index in [1.165, 1.54) is 5.56 Å². The lowest BCUT2D eigenvalue weighted by Crippen LogP contribution is -2.38. The van der Waals surface area contributed by atoms with Gasteiger partial charge in [-0.25, -0.2) is 0 Å². The lowest BCUT2D eigenvalue weighted by atomic mass is 9.94. The first-order valence-corrected chi connectivity index (χ1v) is 12.2. The molecule has 0 fully saturated rings. The van der Waals surface area contributed by atoms with Crippen molar-refractivity contribution in [2.75, 3.05) is 6.54 Å². The molecule has 0 spiro atoms. The van der Waals surface area contributed by atoms with Crippen molar-refractivity contribution in [3.63, 3.8) is 0 Å². The Labute approximate surface area is 202 Å². The largest absolute Gasteiger partial charge is 0.361 e. The average Bonchev–Trinajstić information content (AvgIpc) is 3.52. The molecule has 0 saturated heterocycles. The number of aryl methyl sites for hydroxylation is 1. The summed E-state index contributed by atoms with van der Waals surface area (Å²) < 4.78 is 0. The Morgan fingerprint density at radius 1 is 1.24 bits per heavy atom. The summed E-state index contributed by atoms with van der Waals surface area (Å²) in [4.78, 5) is 36.1. The summed E-state index contributed by atoms with van der Waals surface area (Å²) in [5.74, 6) is -0.0127. The number of pyridine rings is 1. The minimum absolute atomic E-state index is 0.115. The van der Waals surface area contributed by atoms with Gasteiger partial charge < -0.3 is 15.2 Å². The number of H-pyrrole nitrogens is 1. The van der Waals surface area contributed by atoms with Crippen molar-refractivity contribution in [1.82, 2.24) is 20.2 Å². The second-order valence-electron chi connectivity index (χ2n) is 8.49. The van der Waals surface area contributed by atoms with Crippen molar-refractivity contribution >= 4 is 40.1 Å². The monoisotopic (exact) mass is 470 g/mol. The summed E-state index contributed by atoms with van der Waals surface area (Å²) in [5, 5.41) is 6.07. The number of hydrogen-bond acceptors (Lipinski definition) is 4. The van der Waals surface area contributed by atoms with E-state index in [1.54, 1.807) is 17.4 Å². The maximum atomic E-state index is 13.1. The fourth-order valence-electron chi connectivity index (χ4n) is 4.50. The number of nitrogens with zero attached hydrogens (tertiary/aromatic N) is 2. The van der Waals surface area contributed by atoms with Crippen molar-refractivity contribution in [3.8, 4) is 0 Å². The van der Waals surface area contributed by atoms with Gasteiger partial charge in [-0.1, -0.05) is 24.3 Å². The molecule has 0 radical (unpaired) electrons. The van der Waals surface area contributed by atoms with Gasteiger partial charge in [0, 0.05) is 59.6 Å². The SMILES string of the molecule is Cc1ncc2c(c1CNC(=O)/C=C/c1cccs1)CCN(C(=O)Cc1c[nH]c3ccccc13)C2. The molecule has 5 rings (SSSR count). The van der Waals surface area contributed by atoms with E-state index in [2.05, 4.69) is 15.3 Å². The van der Waals surface area contributed by atoms with Gasteiger partial charge in [0.05, 0.1) is 6.42 Å². The molecule has 0 atom stereocenters. The van der Waals surface area contributed by atoms with Crippen LogP contribution in [0.25, 0.3) is 17.0 Å². The van der Waals surface area contributed by atoms with E-state index in [0.717, 1.165) is 44.6 Å². The molecule has 1 aliphatic rings. The first-order valence-electron chi connectivity index (χ1n) is 11.4. The number of rotatable bonds is 6. The van der Waals surface area contributed by atoms with E-state index in [-0.39, 0.29) is 11.8 Å². The zero-order valence-electron chi connectivity index (χ0n) is 19.0. The normalized spacial score (nSPS) is 13.4. The van der Waals surface area contributed by atoms with Crippen molar-refractivity contribution < 1.29 is 9.59 Å². The highest BCUT2D eigenvalue weighted by atomic mass is 32.1. The molecular formula is C27H26N4O2S. The minimum Gasteiger partial charge on any atom is -0.361 e. The summed E-state index contributed by atoms with van der Waals surface area (Å²) in [6.07, 6.45) is 8.32. The number of nitrogens with one attached hydrogen (secondary N) is 2. The van der Waals surface area contributed by atoms with Gasteiger partial charge in [-0.15, -0.1) is 11.3 Å². The van der Waals surface area contributed by atoms with Crippen LogP contribution in [-0.2, 0) is 35.5 Å². The molecule has 7 heteroatoms. The fraction of sp³-hybridized carbons (Fsp3) is 0.222. The topological polar surface area (TPSA) is 78.1 Å². The molecule has 2 amide bonds. The van der Waals surface area contributed by atoms with Crippen molar-refractivity contribution in [2.45, 2.75) is 32.9 Å². The zero-order chi connectivity index (χ0) is 23.5. The highest BCUT2D eigenvalue weighted by Crippen LogP contribution is 2.25. The lowest BCUT2D eigenvalue weighted by molar-refractivity contribution is -0.131. The average molecular weight is 471 g/mol. The lowest BCUT2D eigenvalue weighted by Gasteiger charge is -2.30. The Balaban J connectivity index is 1.25. The molecule has 2 N–H and O–H groups in total. The van der Waals surface area contributed by atoms with Crippen LogP contribution in [0.3, 0.4) is 0 Å². The first-order chi connectivity index (χ1) is 16.6. The Morgan fingerprint density at radius 2 is 2.12 bits per heavy atom. The van der Waals surface area contributed by atoms with Crippen LogP contribution in [0.5, 0.6) is 0 Å². The van der Waals surface area contributed by atoms with Gasteiger partial charge in [0.2, 0.25) is 11.8 Å². The van der Waals surface area contributed by atoms with Crippen LogP contribution >= 0.6 is 11.3 Å². The van der Waals surface area contributed by atoms with Crippen molar-refractivity contribution in [3.05, 3.63) is 93.1 Å². The Hall–Kier alpha value is -3.71. The third kappa shape index (κ3) is 4.65. The van der Waals surface area contributed by atoms with E-state index in [4.69, 9.17) is 0 Å². The summed E-state index contributed by atoms with van der Waals surface area (Å²) in [5.41, 5.74) is 6.30. The van der Waals surface area contributed by atoms with Crippen LogP contribution in [-0.4, -0.2) is 33.2 Å². The number of fused-ring (bicyclic) bond motifs is 2. The van der Waals surface area contributed by atoms with Crippen LogP contribution < -0.4 is 5.32 Å². The quantitative estimate of drug-likeness (QED) is 0.410. The molecule has 0 saturated carbocycles. The number of carbonyl (C=O) groups excluding carboxylic acids is 2. The summed E-state index contributed by atoms with van der Waals surface area (Å²) >= 11 is 1.59. The Morgan fingerprint density at radius 3 is 2.97 bits per heavy atom. The minimum atomic E-state index is -0.128. The Bertz CT molecular complexity index is 1370. The van der Waals surface area contributed by atoms with Gasteiger partial charge in [-0.2, -0.15) is 0 Å². The number of hydrogen-bond donors (Lipinski definition) is 2. The van der Waals surface area contributed by atoms with Gasteiger partial charge in [-0.3, -0.25) is 14.6 Å². The number of aromatic amines is 1. The highest BCUT2D eigenvalue weighted by molar-refractivity contribution is 7.10. The molecule has 4 aromatic rings. The number of amides is 2. The van der Waals surface area contributed by atoms with Crippen LogP contribution in [0.15, 0.2) is 60.2 Å². The van der Waals surface area contributed by atoms with E-state index in [0.29, 0.717) is 26.1 Å². The molecule has 1 aromatic carbocycles. The van der Waals surface area contributed by atoms with Crippen LogP contribution in [0.1, 0.15) is 32.8 Å². The number of carbonyl (C=O) groups is 2. The van der Waals surface area contributed by atoms with Crippen molar-refractivity contribution in [1.29, 1.82) is 0 Å². The molecule has 34 heavy (non-hydrogen) atoms. The molecule has 6 nitrogen and oxygen atoms in total. The Kier molecular flexibility index (Phi) is 6.27. The highest BCUT2D eigenvalue weighted by Gasteiger charge is 2.24. The summed E-state index contributed by atoms with van der Waals surface area (Å²) in [6, 6.07) is 12.0. The molecular weight excluding hydrogens is 444 g/mol. The van der Waals surface area contributed by atoms with Gasteiger partial charge in [0.15, 0.2) is 0 Å². The second-order valence-corrected chi connectivity index (χ2v) is 9.47. The smallest absolute Gasteiger partial charge is 0.244 e. The van der Waals surface area contributed by atoms with E-state index >= 15 is 0 Å². The van der Waals surface area contributed by atoms with Crippen molar-refractivity contribution in [2.24, 2.45) is 0 Å². The molecule has 0 unspecified atom stereocenters. The maximum absolute atomic E-state index is 13.1. The van der Waals surface area contributed by atoms with E-state index in [1.807, 2.05) is 72.1 Å².